The minimum absolute atomic E-state index is 0.767. The van der Waals surface area contributed by atoms with Gasteiger partial charge in [-0.15, -0.1) is 0 Å². The van der Waals surface area contributed by atoms with Crippen molar-refractivity contribution in [3.8, 4) is 0 Å². The molecule has 1 aliphatic rings. The van der Waals surface area contributed by atoms with Gasteiger partial charge in [-0.3, -0.25) is 5.10 Å². The number of fused-ring (bicyclic) bond motifs is 1. The van der Waals surface area contributed by atoms with Gasteiger partial charge >= 0.3 is 0 Å². The molecule has 0 atom stereocenters. The van der Waals surface area contributed by atoms with E-state index in [0.29, 0.717) is 0 Å². The molecule has 1 fully saturated rings. The third kappa shape index (κ3) is 2.86. The Labute approximate surface area is 140 Å². The summed E-state index contributed by atoms with van der Waals surface area (Å²) in [4.78, 5) is 2.32. The monoisotopic (exact) mass is 320 g/mol. The Morgan fingerprint density at radius 2 is 1.92 bits per heavy atom. The van der Waals surface area contributed by atoms with Crippen molar-refractivity contribution in [2.24, 2.45) is 0 Å². The number of ether oxygens (including phenoxy) is 1. The molecule has 2 heterocycles. The molecule has 0 aliphatic carbocycles. The number of nitrogens with zero attached hydrogens (tertiary/aromatic N) is 2. The number of morpholine rings is 1. The van der Waals surface area contributed by atoms with Crippen molar-refractivity contribution in [3.63, 3.8) is 0 Å². The fourth-order valence-electron chi connectivity index (χ4n) is 3.01. The number of nitrogens with two attached hydrogens (primary N) is 1. The van der Waals surface area contributed by atoms with Crippen molar-refractivity contribution in [2.75, 3.05) is 36.9 Å². The van der Waals surface area contributed by atoms with Gasteiger partial charge in [0, 0.05) is 29.9 Å². The molecule has 5 nitrogen and oxygen atoms in total. The van der Waals surface area contributed by atoms with Crippen molar-refractivity contribution in [2.45, 2.75) is 0 Å². The molecule has 0 saturated carbocycles. The van der Waals surface area contributed by atoms with Gasteiger partial charge in [-0.25, -0.2) is 0 Å². The van der Waals surface area contributed by atoms with E-state index in [9.17, 15) is 0 Å². The van der Waals surface area contributed by atoms with Gasteiger partial charge in [-0.05, 0) is 35.9 Å². The van der Waals surface area contributed by atoms with E-state index in [1.54, 1.807) is 0 Å². The Morgan fingerprint density at radius 1 is 1.08 bits per heavy atom. The maximum atomic E-state index is 6.15. The van der Waals surface area contributed by atoms with Crippen LogP contribution in [-0.2, 0) is 4.74 Å². The lowest BCUT2D eigenvalue weighted by molar-refractivity contribution is 0.122. The molecule has 1 aliphatic heterocycles. The third-order valence-corrected chi connectivity index (χ3v) is 4.37. The van der Waals surface area contributed by atoms with E-state index in [1.807, 2.05) is 36.4 Å². The number of anilines is 2. The Morgan fingerprint density at radius 3 is 2.79 bits per heavy atom. The van der Waals surface area contributed by atoms with Crippen molar-refractivity contribution < 1.29 is 4.74 Å². The third-order valence-electron chi connectivity index (χ3n) is 4.37. The van der Waals surface area contributed by atoms with Gasteiger partial charge in [0.2, 0.25) is 0 Å². The first-order valence-corrected chi connectivity index (χ1v) is 8.15. The molecule has 0 bridgehead atoms. The van der Waals surface area contributed by atoms with Crippen LogP contribution in [0.5, 0.6) is 0 Å². The van der Waals surface area contributed by atoms with E-state index in [1.165, 1.54) is 5.69 Å². The summed E-state index contributed by atoms with van der Waals surface area (Å²) < 4.78 is 5.42. The number of hydrogen-bond acceptors (Lipinski definition) is 4. The Bertz CT molecular complexity index is 878. The summed E-state index contributed by atoms with van der Waals surface area (Å²) in [6.45, 7) is 3.37. The molecular weight excluding hydrogens is 300 g/mol. The first-order chi connectivity index (χ1) is 11.8. The number of benzene rings is 2. The second kappa shape index (κ2) is 6.37. The number of rotatable bonds is 3. The molecule has 3 aromatic rings. The number of aromatic amines is 1. The number of aromatic nitrogens is 2. The smallest absolute Gasteiger partial charge is 0.0927 e. The topological polar surface area (TPSA) is 67.2 Å². The highest BCUT2D eigenvalue weighted by atomic mass is 16.5. The highest BCUT2D eigenvalue weighted by Crippen LogP contribution is 2.25. The largest absolute Gasteiger partial charge is 0.398 e. The van der Waals surface area contributed by atoms with Crippen LogP contribution < -0.4 is 10.6 Å². The molecular formula is C19H20N4O. The fraction of sp³-hybridized carbons (Fsp3) is 0.211. The van der Waals surface area contributed by atoms with Gasteiger partial charge in [0.05, 0.1) is 24.4 Å². The second-order valence-corrected chi connectivity index (χ2v) is 5.90. The average Bonchev–Trinajstić information content (AvgIpc) is 3.05. The zero-order valence-corrected chi connectivity index (χ0v) is 13.4. The van der Waals surface area contributed by atoms with Crippen molar-refractivity contribution in [3.05, 3.63) is 53.7 Å². The van der Waals surface area contributed by atoms with Gasteiger partial charge in [0.25, 0.3) is 0 Å². The summed E-state index contributed by atoms with van der Waals surface area (Å²) in [6, 6.07) is 14.3. The average molecular weight is 320 g/mol. The first-order valence-electron chi connectivity index (χ1n) is 8.15. The molecule has 24 heavy (non-hydrogen) atoms. The Balaban J connectivity index is 1.63. The molecule has 0 unspecified atom stereocenters. The predicted octanol–water partition coefficient (Wildman–Crippen LogP) is 3.15. The number of H-pyrrole nitrogens is 1. The summed E-state index contributed by atoms with van der Waals surface area (Å²) >= 11 is 0. The lowest BCUT2D eigenvalue weighted by Gasteiger charge is -2.29. The summed E-state index contributed by atoms with van der Waals surface area (Å²) in [5, 5.41) is 8.53. The minimum atomic E-state index is 0.767. The van der Waals surface area contributed by atoms with Crippen LogP contribution in [0, 0.1) is 0 Å². The molecule has 122 valence electrons. The summed E-state index contributed by atoms with van der Waals surface area (Å²) in [5.74, 6) is 0. The fourth-order valence-corrected chi connectivity index (χ4v) is 3.01. The quantitative estimate of drug-likeness (QED) is 0.728. The van der Waals surface area contributed by atoms with Crippen molar-refractivity contribution in [1.29, 1.82) is 0 Å². The number of nitrogens with one attached hydrogen (secondary N) is 1. The molecule has 0 spiro atoms. The summed E-state index contributed by atoms with van der Waals surface area (Å²) in [5.41, 5.74) is 11.1. The number of para-hydroxylation sites is 1. The molecule has 5 heteroatoms. The highest BCUT2D eigenvalue weighted by Gasteiger charge is 2.12. The summed E-state index contributed by atoms with van der Waals surface area (Å²) in [6.07, 6.45) is 4.04. The van der Waals surface area contributed by atoms with Crippen LogP contribution in [0.2, 0.25) is 0 Å². The van der Waals surface area contributed by atoms with Crippen LogP contribution in [0.4, 0.5) is 11.4 Å². The molecule has 0 radical (unpaired) electrons. The molecule has 2 aromatic carbocycles. The van der Waals surface area contributed by atoms with Crippen LogP contribution in [-0.4, -0.2) is 36.5 Å². The van der Waals surface area contributed by atoms with Gasteiger partial charge in [0.1, 0.15) is 0 Å². The first kappa shape index (κ1) is 14.8. The Hall–Kier alpha value is -2.79. The Kier molecular flexibility index (Phi) is 3.92. The van der Waals surface area contributed by atoms with Crippen LogP contribution >= 0.6 is 0 Å². The SMILES string of the molecule is Nc1ccc(N2CCOCC2)cc1/C=C/c1n[nH]c2ccccc12. The van der Waals surface area contributed by atoms with Crippen LogP contribution in [0.15, 0.2) is 42.5 Å². The van der Waals surface area contributed by atoms with Gasteiger partial charge in [-0.1, -0.05) is 24.3 Å². The van der Waals surface area contributed by atoms with E-state index in [0.717, 1.165) is 54.2 Å². The van der Waals surface area contributed by atoms with Gasteiger partial charge < -0.3 is 15.4 Å². The maximum absolute atomic E-state index is 6.15. The van der Waals surface area contributed by atoms with Crippen LogP contribution in [0.1, 0.15) is 11.3 Å². The lowest BCUT2D eigenvalue weighted by Crippen LogP contribution is -2.36. The molecule has 1 saturated heterocycles. The van der Waals surface area contributed by atoms with Crippen molar-refractivity contribution in [1.82, 2.24) is 10.2 Å². The van der Waals surface area contributed by atoms with Crippen LogP contribution in [0.3, 0.4) is 0 Å². The molecule has 1 aromatic heterocycles. The zero-order chi connectivity index (χ0) is 16.4. The number of hydrogen-bond donors (Lipinski definition) is 2. The van der Waals surface area contributed by atoms with E-state index >= 15 is 0 Å². The standard InChI is InChI=1S/C19H20N4O/c20-17-7-6-15(23-9-11-24-12-10-23)13-14(17)5-8-19-16-3-1-2-4-18(16)21-22-19/h1-8,13H,9-12,20H2,(H,21,22)/b8-5+. The summed E-state index contributed by atoms with van der Waals surface area (Å²) in [7, 11) is 0. The molecule has 0 amide bonds. The zero-order valence-electron chi connectivity index (χ0n) is 13.4. The van der Waals surface area contributed by atoms with Gasteiger partial charge in [-0.2, -0.15) is 5.10 Å². The minimum Gasteiger partial charge on any atom is -0.398 e. The lowest BCUT2D eigenvalue weighted by atomic mass is 10.1. The number of nitrogen functional groups attached to an aromatic ring is 1. The maximum Gasteiger partial charge on any atom is 0.0927 e. The van der Waals surface area contributed by atoms with Crippen LogP contribution in [0.25, 0.3) is 23.1 Å². The van der Waals surface area contributed by atoms with Gasteiger partial charge in [0.15, 0.2) is 0 Å². The molecule has 3 N–H and O–H groups in total. The second-order valence-electron chi connectivity index (χ2n) is 5.90. The molecule has 4 rings (SSSR count). The van der Waals surface area contributed by atoms with E-state index in [-0.39, 0.29) is 0 Å². The predicted molar refractivity (Wildman–Crippen MR) is 98.9 cm³/mol. The van der Waals surface area contributed by atoms with E-state index < -0.39 is 0 Å². The highest BCUT2D eigenvalue weighted by molar-refractivity contribution is 5.90. The van der Waals surface area contributed by atoms with E-state index in [4.69, 9.17) is 10.5 Å². The van der Waals surface area contributed by atoms with E-state index in [2.05, 4.69) is 33.3 Å². The van der Waals surface area contributed by atoms with Crippen molar-refractivity contribution >= 4 is 34.4 Å². The normalized spacial score (nSPS) is 15.4.